The van der Waals surface area contributed by atoms with Crippen LogP contribution >= 0.6 is 12.6 Å². The lowest BCUT2D eigenvalue weighted by Gasteiger charge is -2.16. The zero-order chi connectivity index (χ0) is 13.8. The van der Waals surface area contributed by atoms with Gasteiger partial charge in [-0.15, -0.1) is 0 Å². The number of ether oxygens (including phenoxy) is 1. The van der Waals surface area contributed by atoms with Crippen LogP contribution in [0.15, 0.2) is 18.2 Å². The Balaban J connectivity index is 3.07. The van der Waals surface area contributed by atoms with Crippen LogP contribution < -0.4 is 4.74 Å². The molecule has 0 N–H and O–H groups in total. The molecule has 0 spiro atoms. The van der Waals surface area contributed by atoms with Gasteiger partial charge in [-0.3, -0.25) is 0 Å². The molecule has 0 aliphatic rings. The standard InChI is InChI=1S/C13H17F3OS/c1-3-17-12-5-4-11(13(14,15)16)7-10(12)6-9(2)8-18/h4-5,7,9,18H,3,6,8H2,1-2H3. The third-order valence-electron chi connectivity index (χ3n) is 2.57. The summed E-state index contributed by atoms with van der Waals surface area (Å²) in [6, 6.07) is 3.62. The minimum absolute atomic E-state index is 0.205. The first kappa shape index (κ1) is 15.2. The predicted molar refractivity (Wildman–Crippen MR) is 69.3 cm³/mol. The SMILES string of the molecule is CCOc1ccc(C(F)(F)F)cc1CC(C)CS. The maximum Gasteiger partial charge on any atom is 0.416 e. The highest BCUT2D eigenvalue weighted by atomic mass is 32.1. The molecular weight excluding hydrogens is 261 g/mol. The summed E-state index contributed by atoms with van der Waals surface area (Å²) in [7, 11) is 0. The second-order valence-corrected chi connectivity index (χ2v) is 4.61. The summed E-state index contributed by atoms with van der Waals surface area (Å²) in [5, 5.41) is 0. The van der Waals surface area contributed by atoms with Crippen LogP contribution in [0, 0.1) is 5.92 Å². The largest absolute Gasteiger partial charge is 0.494 e. The van der Waals surface area contributed by atoms with E-state index in [0.717, 1.165) is 6.07 Å². The first-order valence-electron chi connectivity index (χ1n) is 5.82. The fraction of sp³-hybridized carbons (Fsp3) is 0.538. The van der Waals surface area contributed by atoms with Gasteiger partial charge in [0.2, 0.25) is 0 Å². The van der Waals surface area contributed by atoms with Gasteiger partial charge in [0.15, 0.2) is 0 Å². The normalized spacial score (nSPS) is 13.4. The van der Waals surface area contributed by atoms with E-state index in [9.17, 15) is 13.2 Å². The van der Waals surface area contributed by atoms with Gasteiger partial charge in [-0.25, -0.2) is 0 Å². The molecule has 102 valence electrons. The van der Waals surface area contributed by atoms with Crippen molar-refractivity contribution < 1.29 is 17.9 Å². The van der Waals surface area contributed by atoms with Crippen LogP contribution in [0.2, 0.25) is 0 Å². The topological polar surface area (TPSA) is 9.23 Å². The summed E-state index contributed by atoms with van der Waals surface area (Å²) in [6.45, 7) is 4.19. The van der Waals surface area contributed by atoms with Crippen LogP contribution in [-0.4, -0.2) is 12.4 Å². The monoisotopic (exact) mass is 278 g/mol. The van der Waals surface area contributed by atoms with Crippen molar-refractivity contribution in [1.29, 1.82) is 0 Å². The van der Waals surface area contributed by atoms with Crippen LogP contribution in [0.3, 0.4) is 0 Å². The van der Waals surface area contributed by atoms with Crippen molar-refractivity contribution in [2.24, 2.45) is 5.92 Å². The molecule has 1 aromatic carbocycles. The Morgan fingerprint density at radius 2 is 2.00 bits per heavy atom. The van der Waals surface area contributed by atoms with E-state index < -0.39 is 11.7 Å². The van der Waals surface area contributed by atoms with E-state index in [0.29, 0.717) is 30.1 Å². The van der Waals surface area contributed by atoms with Crippen molar-refractivity contribution in [3.8, 4) is 5.75 Å². The molecule has 0 saturated heterocycles. The maximum atomic E-state index is 12.6. The number of alkyl halides is 3. The highest BCUT2D eigenvalue weighted by molar-refractivity contribution is 7.80. The van der Waals surface area contributed by atoms with Gasteiger partial charge in [-0.05, 0) is 48.8 Å². The minimum Gasteiger partial charge on any atom is -0.494 e. The van der Waals surface area contributed by atoms with Crippen molar-refractivity contribution in [2.75, 3.05) is 12.4 Å². The van der Waals surface area contributed by atoms with Crippen molar-refractivity contribution in [3.63, 3.8) is 0 Å². The summed E-state index contributed by atoms with van der Waals surface area (Å²) in [6.07, 6.45) is -3.79. The molecule has 1 nitrogen and oxygen atoms in total. The fourth-order valence-electron chi connectivity index (χ4n) is 1.65. The Morgan fingerprint density at radius 1 is 1.33 bits per heavy atom. The van der Waals surface area contributed by atoms with E-state index in [1.807, 2.05) is 13.8 Å². The smallest absolute Gasteiger partial charge is 0.416 e. The molecule has 1 atom stereocenters. The van der Waals surface area contributed by atoms with Crippen LogP contribution in [0.4, 0.5) is 13.2 Å². The molecule has 0 bridgehead atoms. The predicted octanol–water partition coefficient (Wildman–Crippen LogP) is 4.21. The van der Waals surface area contributed by atoms with Crippen LogP contribution in [0.5, 0.6) is 5.75 Å². The van der Waals surface area contributed by atoms with Crippen LogP contribution in [-0.2, 0) is 12.6 Å². The van der Waals surface area contributed by atoms with E-state index in [1.54, 1.807) is 0 Å². The lowest BCUT2D eigenvalue weighted by atomic mass is 9.99. The lowest BCUT2D eigenvalue weighted by Crippen LogP contribution is -2.09. The van der Waals surface area contributed by atoms with Crippen molar-refractivity contribution in [3.05, 3.63) is 29.3 Å². The number of rotatable bonds is 5. The van der Waals surface area contributed by atoms with Gasteiger partial charge in [-0.1, -0.05) is 6.92 Å². The Morgan fingerprint density at radius 3 is 2.50 bits per heavy atom. The molecule has 0 aromatic heterocycles. The Kier molecular flexibility index (Phi) is 5.38. The van der Waals surface area contributed by atoms with E-state index in [4.69, 9.17) is 4.74 Å². The van der Waals surface area contributed by atoms with Gasteiger partial charge in [-0.2, -0.15) is 25.8 Å². The third kappa shape index (κ3) is 4.12. The number of benzene rings is 1. The summed E-state index contributed by atoms with van der Waals surface area (Å²) in [5.41, 5.74) is -0.0412. The van der Waals surface area contributed by atoms with Crippen molar-refractivity contribution >= 4 is 12.6 Å². The van der Waals surface area contributed by atoms with E-state index >= 15 is 0 Å². The van der Waals surface area contributed by atoms with Gasteiger partial charge in [0.1, 0.15) is 5.75 Å². The summed E-state index contributed by atoms with van der Waals surface area (Å²) in [4.78, 5) is 0. The summed E-state index contributed by atoms with van der Waals surface area (Å²) in [5.74, 6) is 1.36. The quantitative estimate of drug-likeness (QED) is 0.794. The average Bonchev–Trinajstić information content (AvgIpc) is 2.30. The summed E-state index contributed by atoms with van der Waals surface area (Å²) >= 11 is 4.15. The van der Waals surface area contributed by atoms with Crippen LogP contribution in [0.1, 0.15) is 25.0 Å². The molecule has 5 heteroatoms. The number of halogens is 3. The third-order valence-corrected chi connectivity index (χ3v) is 3.19. The average molecular weight is 278 g/mol. The molecule has 0 amide bonds. The first-order chi connectivity index (χ1) is 8.38. The molecule has 0 heterocycles. The molecule has 0 radical (unpaired) electrons. The molecule has 0 aliphatic carbocycles. The van der Waals surface area contributed by atoms with E-state index in [-0.39, 0.29) is 5.92 Å². The molecule has 0 fully saturated rings. The second-order valence-electron chi connectivity index (χ2n) is 4.25. The molecular formula is C13H17F3OS. The van der Waals surface area contributed by atoms with Gasteiger partial charge in [0.05, 0.1) is 12.2 Å². The van der Waals surface area contributed by atoms with Gasteiger partial charge in [0, 0.05) is 0 Å². The highest BCUT2D eigenvalue weighted by Gasteiger charge is 2.31. The number of thiol groups is 1. The zero-order valence-electron chi connectivity index (χ0n) is 10.4. The second kappa shape index (κ2) is 6.36. The number of hydrogen-bond acceptors (Lipinski definition) is 2. The zero-order valence-corrected chi connectivity index (χ0v) is 11.3. The summed E-state index contributed by atoms with van der Waals surface area (Å²) < 4.78 is 43.3. The van der Waals surface area contributed by atoms with Crippen molar-refractivity contribution in [2.45, 2.75) is 26.4 Å². The maximum absolute atomic E-state index is 12.6. The van der Waals surface area contributed by atoms with Crippen molar-refractivity contribution in [1.82, 2.24) is 0 Å². The lowest BCUT2D eigenvalue weighted by molar-refractivity contribution is -0.137. The minimum atomic E-state index is -4.32. The highest BCUT2D eigenvalue weighted by Crippen LogP contribution is 2.33. The fourth-order valence-corrected chi connectivity index (χ4v) is 1.78. The van der Waals surface area contributed by atoms with E-state index in [1.165, 1.54) is 12.1 Å². The molecule has 1 aromatic rings. The Labute approximate surface area is 111 Å². The Hall–Kier alpha value is -0.840. The number of hydrogen-bond donors (Lipinski definition) is 1. The molecule has 0 aliphatic heterocycles. The molecule has 18 heavy (non-hydrogen) atoms. The van der Waals surface area contributed by atoms with Gasteiger partial charge < -0.3 is 4.74 Å². The van der Waals surface area contributed by atoms with E-state index in [2.05, 4.69) is 12.6 Å². The van der Waals surface area contributed by atoms with Gasteiger partial charge >= 0.3 is 6.18 Å². The Bertz CT molecular complexity index is 390. The van der Waals surface area contributed by atoms with Gasteiger partial charge in [0.25, 0.3) is 0 Å². The van der Waals surface area contributed by atoms with Crippen LogP contribution in [0.25, 0.3) is 0 Å². The first-order valence-corrected chi connectivity index (χ1v) is 6.45. The molecule has 1 unspecified atom stereocenters. The molecule has 1 rings (SSSR count). The molecule has 0 saturated carbocycles.